The van der Waals surface area contributed by atoms with Gasteiger partial charge in [0.2, 0.25) is 0 Å². The zero-order valence-corrected chi connectivity index (χ0v) is 11.4. The molecule has 3 heteroatoms. The lowest BCUT2D eigenvalue weighted by molar-refractivity contribution is 0.0956. The predicted molar refractivity (Wildman–Crippen MR) is 75.5 cm³/mol. The van der Waals surface area contributed by atoms with Gasteiger partial charge in [0.15, 0.2) is 0 Å². The molecule has 0 aliphatic carbocycles. The molecule has 2 heterocycles. The van der Waals surface area contributed by atoms with Crippen molar-refractivity contribution >= 4 is 5.91 Å². The average Bonchev–Trinajstić information content (AvgIpc) is 2.85. The van der Waals surface area contributed by atoms with Gasteiger partial charge < -0.3 is 5.32 Å². The van der Waals surface area contributed by atoms with Gasteiger partial charge in [-0.2, -0.15) is 0 Å². The molecule has 1 aromatic carbocycles. The molecular weight excluding hydrogens is 236 g/mol. The molecule has 2 aromatic rings. The van der Waals surface area contributed by atoms with Crippen molar-refractivity contribution in [3.8, 4) is 0 Å². The Kier molecular flexibility index (Phi) is 2.99. The summed E-state index contributed by atoms with van der Waals surface area (Å²) >= 11 is 0. The van der Waals surface area contributed by atoms with Crippen molar-refractivity contribution in [1.82, 2.24) is 9.88 Å². The summed E-state index contributed by atoms with van der Waals surface area (Å²) in [5.74, 6) is 0.0752. The summed E-state index contributed by atoms with van der Waals surface area (Å²) in [7, 11) is 0. The first-order chi connectivity index (χ1) is 9.16. The molecule has 19 heavy (non-hydrogen) atoms. The van der Waals surface area contributed by atoms with Crippen LogP contribution in [0.25, 0.3) is 0 Å². The molecule has 1 aliphatic heterocycles. The highest BCUT2D eigenvalue weighted by atomic mass is 16.2. The van der Waals surface area contributed by atoms with Crippen LogP contribution < -0.4 is 5.32 Å². The lowest BCUT2D eigenvalue weighted by Crippen LogP contribution is -2.26. The molecule has 0 bridgehead atoms. The minimum absolute atomic E-state index is 0.0752. The van der Waals surface area contributed by atoms with Gasteiger partial charge in [0.1, 0.15) is 0 Å². The molecule has 0 spiro atoms. The molecule has 0 radical (unpaired) electrons. The van der Waals surface area contributed by atoms with Crippen molar-refractivity contribution in [3.05, 3.63) is 58.4 Å². The minimum atomic E-state index is 0.0752. The van der Waals surface area contributed by atoms with E-state index in [0.717, 1.165) is 36.3 Å². The quantitative estimate of drug-likeness (QED) is 0.848. The van der Waals surface area contributed by atoms with E-state index in [1.165, 1.54) is 11.1 Å². The highest BCUT2D eigenvalue weighted by Gasteiger charge is 2.18. The first-order valence-corrected chi connectivity index (χ1v) is 6.68. The summed E-state index contributed by atoms with van der Waals surface area (Å²) in [4.78, 5) is 12.6. The average molecular weight is 254 g/mol. The van der Waals surface area contributed by atoms with Gasteiger partial charge in [-0.25, -0.2) is 0 Å². The number of aryl methyl sites for hydroxylation is 2. The van der Waals surface area contributed by atoms with E-state index in [4.69, 9.17) is 0 Å². The number of carbonyl (C=O) groups excluding carboxylic acids is 1. The molecule has 3 rings (SSSR count). The first-order valence-electron chi connectivity index (χ1n) is 6.68. The van der Waals surface area contributed by atoms with Gasteiger partial charge in [0.25, 0.3) is 5.91 Å². The number of aromatic nitrogens is 1. The van der Waals surface area contributed by atoms with Gasteiger partial charge in [-0.3, -0.25) is 9.36 Å². The van der Waals surface area contributed by atoms with Gasteiger partial charge in [-0.05, 0) is 48.7 Å². The van der Waals surface area contributed by atoms with Crippen LogP contribution in [0.2, 0.25) is 0 Å². The molecule has 1 N–H and O–H groups in total. The highest BCUT2D eigenvalue weighted by Crippen LogP contribution is 2.18. The summed E-state index contributed by atoms with van der Waals surface area (Å²) in [6.45, 7) is 5.91. The number of nitrogens with zero attached hydrogens (tertiary/aromatic N) is 1. The molecule has 1 aromatic heterocycles. The summed E-state index contributed by atoms with van der Waals surface area (Å²) in [6.07, 6.45) is 2.81. The minimum Gasteiger partial charge on any atom is -0.312 e. The maximum atomic E-state index is 12.6. The van der Waals surface area contributed by atoms with E-state index < -0.39 is 0 Å². The summed E-state index contributed by atoms with van der Waals surface area (Å²) in [6, 6.07) is 7.95. The molecule has 0 fully saturated rings. The number of hydrogen-bond donors (Lipinski definition) is 1. The Morgan fingerprint density at radius 2 is 2.05 bits per heavy atom. The van der Waals surface area contributed by atoms with Crippen LogP contribution in [0.1, 0.15) is 32.7 Å². The fourth-order valence-electron chi connectivity index (χ4n) is 2.58. The molecule has 1 aliphatic rings. The monoisotopic (exact) mass is 254 g/mol. The lowest BCUT2D eigenvalue weighted by Gasteiger charge is -2.16. The third-order valence-corrected chi connectivity index (χ3v) is 3.91. The molecule has 0 atom stereocenters. The van der Waals surface area contributed by atoms with E-state index in [2.05, 4.69) is 12.2 Å². The molecule has 0 saturated heterocycles. The van der Waals surface area contributed by atoms with Crippen LogP contribution in [0, 0.1) is 13.8 Å². The standard InChI is InChI=1S/C16H18N2O/c1-11-3-4-13(9-12(11)2)16(19)18-8-6-14-10-17-7-5-15(14)18/h3-4,6,8-9,17H,5,7,10H2,1-2H3. The first kappa shape index (κ1) is 12.2. The van der Waals surface area contributed by atoms with Crippen LogP contribution >= 0.6 is 0 Å². The van der Waals surface area contributed by atoms with Gasteiger partial charge >= 0.3 is 0 Å². The summed E-state index contributed by atoms with van der Waals surface area (Å²) in [5.41, 5.74) is 5.54. The Balaban J connectivity index is 1.99. The van der Waals surface area contributed by atoms with Gasteiger partial charge in [0, 0.05) is 37.0 Å². The second-order valence-electron chi connectivity index (χ2n) is 5.19. The van der Waals surface area contributed by atoms with Crippen molar-refractivity contribution < 1.29 is 4.79 Å². The molecular formula is C16H18N2O. The van der Waals surface area contributed by atoms with Crippen molar-refractivity contribution in [2.24, 2.45) is 0 Å². The SMILES string of the molecule is Cc1ccc(C(=O)n2ccc3c2CCNC3)cc1C. The Labute approximate surface area is 113 Å². The van der Waals surface area contributed by atoms with Gasteiger partial charge in [-0.1, -0.05) is 6.07 Å². The van der Waals surface area contributed by atoms with Crippen LogP contribution in [-0.2, 0) is 13.0 Å². The lowest BCUT2D eigenvalue weighted by atomic mass is 10.1. The van der Waals surface area contributed by atoms with Gasteiger partial charge in [0.05, 0.1) is 0 Å². The maximum absolute atomic E-state index is 12.6. The van der Waals surface area contributed by atoms with E-state index in [1.807, 2.05) is 37.4 Å². The van der Waals surface area contributed by atoms with Crippen LogP contribution in [-0.4, -0.2) is 17.0 Å². The number of nitrogens with one attached hydrogen (secondary N) is 1. The maximum Gasteiger partial charge on any atom is 0.262 e. The van der Waals surface area contributed by atoms with E-state index in [0.29, 0.717) is 0 Å². The Bertz CT molecular complexity index is 640. The molecule has 0 unspecified atom stereocenters. The van der Waals surface area contributed by atoms with Crippen LogP contribution in [0.4, 0.5) is 0 Å². The molecule has 98 valence electrons. The van der Waals surface area contributed by atoms with E-state index in [1.54, 1.807) is 4.57 Å². The normalized spacial score (nSPS) is 14.2. The number of benzene rings is 1. The van der Waals surface area contributed by atoms with Crippen molar-refractivity contribution in [3.63, 3.8) is 0 Å². The van der Waals surface area contributed by atoms with E-state index >= 15 is 0 Å². The predicted octanol–water partition coefficient (Wildman–Crippen LogP) is 2.44. The van der Waals surface area contributed by atoms with Crippen molar-refractivity contribution in [2.45, 2.75) is 26.8 Å². The second kappa shape index (κ2) is 4.67. The van der Waals surface area contributed by atoms with Crippen LogP contribution in [0.5, 0.6) is 0 Å². The fourth-order valence-corrected chi connectivity index (χ4v) is 2.58. The topological polar surface area (TPSA) is 34.0 Å². The van der Waals surface area contributed by atoms with E-state index in [9.17, 15) is 4.79 Å². The third-order valence-electron chi connectivity index (χ3n) is 3.91. The zero-order valence-electron chi connectivity index (χ0n) is 11.4. The van der Waals surface area contributed by atoms with Gasteiger partial charge in [-0.15, -0.1) is 0 Å². The number of rotatable bonds is 1. The van der Waals surface area contributed by atoms with Crippen LogP contribution in [0.15, 0.2) is 30.5 Å². The molecule has 0 amide bonds. The van der Waals surface area contributed by atoms with E-state index in [-0.39, 0.29) is 5.91 Å². The highest BCUT2D eigenvalue weighted by molar-refractivity contribution is 5.96. The third kappa shape index (κ3) is 2.10. The smallest absolute Gasteiger partial charge is 0.262 e. The summed E-state index contributed by atoms with van der Waals surface area (Å²) < 4.78 is 1.81. The summed E-state index contributed by atoms with van der Waals surface area (Å²) in [5, 5.41) is 3.32. The zero-order chi connectivity index (χ0) is 13.4. The molecule has 3 nitrogen and oxygen atoms in total. The number of carbonyl (C=O) groups is 1. The Hall–Kier alpha value is -1.87. The Morgan fingerprint density at radius 1 is 1.21 bits per heavy atom. The Morgan fingerprint density at radius 3 is 2.84 bits per heavy atom. The fraction of sp³-hybridized carbons (Fsp3) is 0.312. The number of fused-ring (bicyclic) bond motifs is 1. The largest absolute Gasteiger partial charge is 0.312 e. The van der Waals surface area contributed by atoms with Crippen LogP contribution in [0.3, 0.4) is 0 Å². The second-order valence-corrected chi connectivity index (χ2v) is 5.19. The van der Waals surface area contributed by atoms with Crippen molar-refractivity contribution in [2.75, 3.05) is 6.54 Å². The number of hydrogen-bond acceptors (Lipinski definition) is 2. The van der Waals surface area contributed by atoms with Crippen molar-refractivity contribution in [1.29, 1.82) is 0 Å². The molecule has 0 saturated carbocycles.